The van der Waals surface area contributed by atoms with Crippen molar-refractivity contribution in [3.05, 3.63) is 48.2 Å². The Morgan fingerprint density at radius 3 is 2.63 bits per heavy atom. The predicted molar refractivity (Wildman–Crippen MR) is 102 cm³/mol. The maximum atomic E-state index is 12.6. The lowest BCUT2D eigenvalue weighted by atomic mass is 10.1. The summed E-state index contributed by atoms with van der Waals surface area (Å²) >= 11 is 1.25. The molecule has 1 aliphatic heterocycles. The average Bonchev–Trinajstić information content (AvgIpc) is 2.73. The third kappa shape index (κ3) is 4.67. The second-order valence-electron chi connectivity index (χ2n) is 5.76. The molecular weight excluding hydrogens is 388 g/mol. The number of hydrogen-bond acceptors (Lipinski definition) is 7. The molecule has 1 aromatic heterocycles. The zero-order chi connectivity index (χ0) is 19.3. The maximum Gasteiger partial charge on any atom is 0.244 e. The van der Waals surface area contributed by atoms with Crippen LogP contribution in [0.1, 0.15) is 10.4 Å². The first-order valence-electron chi connectivity index (χ1n) is 8.35. The fourth-order valence-electron chi connectivity index (χ4n) is 2.63. The van der Waals surface area contributed by atoms with Gasteiger partial charge in [-0.25, -0.2) is 13.4 Å². The average molecular weight is 409 g/mol. The quantitative estimate of drug-likeness (QED) is 0.512. The Hall–Kier alpha value is -1.94. The summed E-state index contributed by atoms with van der Waals surface area (Å²) in [6.45, 7) is 1.47. The van der Waals surface area contributed by atoms with Crippen LogP contribution in [0.4, 0.5) is 0 Å². The van der Waals surface area contributed by atoms with E-state index in [2.05, 4.69) is 4.98 Å². The molecule has 0 aliphatic carbocycles. The van der Waals surface area contributed by atoms with E-state index in [1.54, 1.807) is 30.3 Å². The summed E-state index contributed by atoms with van der Waals surface area (Å²) in [5.41, 5.74) is 0.513. The van der Waals surface area contributed by atoms with Crippen LogP contribution in [-0.4, -0.2) is 62.7 Å². The number of benzene rings is 1. The molecule has 2 aromatic rings. The number of pyridine rings is 1. The van der Waals surface area contributed by atoms with Gasteiger partial charge in [-0.3, -0.25) is 4.79 Å². The summed E-state index contributed by atoms with van der Waals surface area (Å²) in [6, 6.07) is 10.2. The predicted octanol–water partition coefficient (Wildman–Crippen LogP) is 2.09. The third-order valence-electron chi connectivity index (χ3n) is 4.08. The first-order valence-corrected chi connectivity index (χ1v) is 10.8. The van der Waals surface area contributed by atoms with E-state index in [-0.39, 0.29) is 16.4 Å². The van der Waals surface area contributed by atoms with Gasteiger partial charge in [0.1, 0.15) is 10.6 Å². The molecule has 27 heavy (non-hydrogen) atoms. The van der Waals surface area contributed by atoms with Crippen LogP contribution in [0.2, 0.25) is 0 Å². The van der Waals surface area contributed by atoms with E-state index in [1.807, 2.05) is 0 Å². The number of ether oxygens (including phenoxy) is 2. The molecule has 1 aliphatic rings. The molecule has 0 unspecified atom stereocenters. The number of Topliss-reactive ketones (excluding diaryl/α,β-unsaturated/α-hetero) is 1. The van der Waals surface area contributed by atoms with Crippen LogP contribution in [0.3, 0.4) is 0 Å². The first-order chi connectivity index (χ1) is 13.0. The van der Waals surface area contributed by atoms with Crippen molar-refractivity contribution < 1.29 is 22.7 Å². The van der Waals surface area contributed by atoms with Crippen molar-refractivity contribution in [1.82, 2.24) is 9.29 Å². The van der Waals surface area contributed by atoms with Crippen molar-refractivity contribution in [3.63, 3.8) is 0 Å². The zero-order valence-corrected chi connectivity index (χ0v) is 16.5. The second kappa shape index (κ2) is 8.83. The summed E-state index contributed by atoms with van der Waals surface area (Å²) in [5.74, 6) is 0.635. The van der Waals surface area contributed by atoms with Gasteiger partial charge in [0, 0.05) is 19.3 Å². The van der Waals surface area contributed by atoms with Gasteiger partial charge in [0.2, 0.25) is 10.0 Å². The van der Waals surface area contributed by atoms with Crippen LogP contribution in [0.5, 0.6) is 5.75 Å². The summed E-state index contributed by atoms with van der Waals surface area (Å²) < 4.78 is 36.9. The number of thioether (sulfide) groups is 1. The summed E-state index contributed by atoms with van der Waals surface area (Å²) in [6.07, 6.45) is 1.33. The Bertz CT molecular complexity index is 894. The van der Waals surface area contributed by atoms with Gasteiger partial charge in [0.25, 0.3) is 0 Å². The smallest absolute Gasteiger partial charge is 0.244 e. The van der Waals surface area contributed by atoms with E-state index in [0.717, 1.165) is 0 Å². The molecule has 1 aromatic carbocycles. The number of sulfonamides is 1. The monoisotopic (exact) mass is 408 g/mol. The molecule has 0 saturated carbocycles. The van der Waals surface area contributed by atoms with Crippen LogP contribution in [0, 0.1) is 0 Å². The number of rotatable bonds is 7. The number of nitrogens with zero attached hydrogens (tertiary/aromatic N) is 2. The van der Waals surface area contributed by atoms with Gasteiger partial charge in [-0.15, -0.1) is 0 Å². The number of carbonyl (C=O) groups is 1. The molecule has 0 radical (unpaired) electrons. The minimum Gasteiger partial charge on any atom is -0.496 e. The fourth-order valence-corrected chi connectivity index (χ4v) is 4.71. The Labute approximate surface area is 162 Å². The SMILES string of the molecule is COc1ccccc1C(=O)CSc1ccc(S(=O)(=O)N2CCOCC2)cn1. The van der Waals surface area contributed by atoms with Gasteiger partial charge >= 0.3 is 0 Å². The van der Waals surface area contributed by atoms with Crippen LogP contribution < -0.4 is 4.74 Å². The molecule has 1 fully saturated rings. The van der Waals surface area contributed by atoms with E-state index in [4.69, 9.17) is 9.47 Å². The molecule has 2 heterocycles. The minimum absolute atomic E-state index is 0.0794. The van der Waals surface area contributed by atoms with E-state index < -0.39 is 10.0 Å². The number of morpholine rings is 1. The molecule has 0 spiro atoms. The maximum absolute atomic E-state index is 12.6. The summed E-state index contributed by atoms with van der Waals surface area (Å²) in [4.78, 5) is 16.7. The van der Waals surface area contributed by atoms with Crippen molar-refractivity contribution in [2.75, 3.05) is 39.2 Å². The van der Waals surface area contributed by atoms with E-state index in [1.165, 1.54) is 35.4 Å². The molecule has 3 rings (SSSR count). The van der Waals surface area contributed by atoms with Crippen LogP contribution in [0.25, 0.3) is 0 Å². The summed E-state index contributed by atoms with van der Waals surface area (Å²) in [5, 5.41) is 0.583. The molecular formula is C18H20N2O5S2. The number of carbonyl (C=O) groups excluding carboxylic acids is 1. The highest BCUT2D eigenvalue weighted by atomic mass is 32.2. The number of hydrogen-bond donors (Lipinski definition) is 0. The number of methoxy groups -OCH3 is 1. The van der Waals surface area contributed by atoms with Crippen LogP contribution in [-0.2, 0) is 14.8 Å². The first kappa shape index (κ1) is 19.8. The molecule has 9 heteroatoms. The largest absolute Gasteiger partial charge is 0.496 e. The molecule has 0 bridgehead atoms. The Balaban J connectivity index is 1.65. The number of ketones is 1. The van der Waals surface area contributed by atoms with E-state index in [0.29, 0.717) is 42.6 Å². The minimum atomic E-state index is -3.56. The Kier molecular flexibility index (Phi) is 6.48. The highest BCUT2D eigenvalue weighted by molar-refractivity contribution is 7.99. The molecule has 0 atom stereocenters. The lowest BCUT2D eigenvalue weighted by Crippen LogP contribution is -2.40. The van der Waals surface area contributed by atoms with Crippen molar-refractivity contribution >= 4 is 27.6 Å². The second-order valence-corrected chi connectivity index (χ2v) is 8.69. The molecule has 0 amide bonds. The highest BCUT2D eigenvalue weighted by Crippen LogP contribution is 2.24. The van der Waals surface area contributed by atoms with E-state index >= 15 is 0 Å². The molecule has 144 valence electrons. The zero-order valence-electron chi connectivity index (χ0n) is 14.8. The number of aromatic nitrogens is 1. The Morgan fingerprint density at radius 2 is 1.96 bits per heavy atom. The molecule has 7 nitrogen and oxygen atoms in total. The van der Waals surface area contributed by atoms with Gasteiger partial charge in [0.05, 0.1) is 36.7 Å². The highest BCUT2D eigenvalue weighted by Gasteiger charge is 2.26. The van der Waals surface area contributed by atoms with Crippen molar-refractivity contribution in [2.24, 2.45) is 0 Å². The van der Waals surface area contributed by atoms with Crippen molar-refractivity contribution in [1.29, 1.82) is 0 Å². The lowest BCUT2D eigenvalue weighted by Gasteiger charge is -2.25. The normalized spacial score (nSPS) is 15.4. The van der Waals surface area contributed by atoms with Crippen molar-refractivity contribution in [2.45, 2.75) is 9.92 Å². The van der Waals surface area contributed by atoms with Crippen LogP contribution >= 0.6 is 11.8 Å². The topological polar surface area (TPSA) is 85.8 Å². The summed E-state index contributed by atoms with van der Waals surface area (Å²) in [7, 11) is -2.04. The molecule has 1 saturated heterocycles. The van der Waals surface area contributed by atoms with E-state index in [9.17, 15) is 13.2 Å². The van der Waals surface area contributed by atoms with Gasteiger partial charge in [-0.2, -0.15) is 4.31 Å². The Morgan fingerprint density at radius 1 is 1.22 bits per heavy atom. The standard InChI is InChI=1S/C18H20N2O5S2/c1-24-17-5-3-2-4-15(17)16(21)13-26-18-7-6-14(12-19-18)27(22,23)20-8-10-25-11-9-20/h2-7,12H,8-11,13H2,1H3. The van der Waals surface area contributed by atoms with Crippen molar-refractivity contribution in [3.8, 4) is 5.75 Å². The molecule has 0 N–H and O–H groups in total. The lowest BCUT2D eigenvalue weighted by molar-refractivity contribution is 0.0730. The number of para-hydroxylation sites is 1. The van der Waals surface area contributed by atoms with Gasteiger partial charge in [0.15, 0.2) is 5.78 Å². The fraction of sp³-hybridized carbons (Fsp3) is 0.333. The van der Waals surface area contributed by atoms with Crippen LogP contribution in [0.15, 0.2) is 52.5 Å². The van der Waals surface area contributed by atoms with Gasteiger partial charge in [-0.05, 0) is 24.3 Å². The van der Waals surface area contributed by atoms with Gasteiger partial charge in [-0.1, -0.05) is 23.9 Å². The van der Waals surface area contributed by atoms with Gasteiger partial charge < -0.3 is 9.47 Å². The third-order valence-corrected chi connectivity index (χ3v) is 6.90.